The van der Waals surface area contributed by atoms with Crippen molar-refractivity contribution in [3.8, 4) is 0 Å². The smallest absolute Gasteiger partial charge is 0.267 e. The molecule has 1 amide bonds. The van der Waals surface area contributed by atoms with Crippen molar-refractivity contribution < 1.29 is 4.79 Å². The van der Waals surface area contributed by atoms with E-state index in [1.807, 2.05) is 38.3 Å². The Hall–Kier alpha value is -0.980. The number of amides is 1. The second-order valence-corrected chi connectivity index (χ2v) is 7.62. The maximum absolute atomic E-state index is 12.0. The van der Waals surface area contributed by atoms with Crippen molar-refractivity contribution in [3.05, 3.63) is 42.2 Å². The van der Waals surface area contributed by atoms with Gasteiger partial charge in [0.15, 0.2) is 0 Å². The fourth-order valence-corrected chi connectivity index (χ4v) is 3.69. The zero-order chi connectivity index (χ0) is 14.0. The monoisotopic (exact) mass is 356 g/mol. The molecule has 3 nitrogen and oxygen atoms in total. The lowest BCUT2D eigenvalue weighted by Gasteiger charge is -2.01. The second kappa shape index (κ2) is 5.98. The lowest BCUT2D eigenvalue weighted by molar-refractivity contribution is 0.0954. The van der Waals surface area contributed by atoms with E-state index < -0.39 is 0 Å². The molecule has 2 aromatic rings. The number of hydrogen-bond acceptors (Lipinski definition) is 4. The van der Waals surface area contributed by atoms with E-state index in [1.54, 1.807) is 22.7 Å². The minimum atomic E-state index is -0.156. The number of rotatable bonds is 3. The third-order valence-corrected chi connectivity index (χ3v) is 5.53. The van der Waals surface area contributed by atoms with Crippen LogP contribution in [0.4, 0.5) is 0 Å². The van der Waals surface area contributed by atoms with Gasteiger partial charge in [0.05, 0.1) is 19.9 Å². The van der Waals surface area contributed by atoms with Crippen LogP contribution < -0.4 is 5.43 Å². The lowest BCUT2D eigenvalue weighted by Crippen LogP contribution is -2.19. The van der Waals surface area contributed by atoms with E-state index in [9.17, 15) is 4.79 Å². The predicted octanol–water partition coefficient (Wildman–Crippen LogP) is 4.34. The Morgan fingerprint density at radius 3 is 2.63 bits per heavy atom. The van der Waals surface area contributed by atoms with E-state index in [2.05, 4.69) is 26.5 Å². The van der Waals surface area contributed by atoms with Crippen LogP contribution in [0.3, 0.4) is 0 Å². The summed E-state index contributed by atoms with van der Waals surface area (Å²) in [6, 6.07) is 3.94. The fraction of sp³-hybridized carbons (Fsp3) is 0.231. The molecule has 0 saturated carbocycles. The van der Waals surface area contributed by atoms with Crippen molar-refractivity contribution in [2.45, 2.75) is 20.8 Å². The number of halogens is 1. The van der Waals surface area contributed by atoms with Gasteiger partial charge in [-0.1, -0.05) is 0 Å². The molecule has 0 bridgehead atoms. The van der Waals surface area contributed by atoms with Gasteiger partial charge in [0.25, 0.3) is 5.91 Å². The molecule has 0 atom stereocenters. The minimum absolute atomic E-state index is 0.156. The zero-order valence-corrected chi connectivity index (χ0v) is 14.0. The van der Waals surface area contributed by atoms with E-state index in [1.165, 1.54) is 0 Å². The Kier molecular flexibility index (Phi) is 4.54. The van der Waals surface area contributed by atoms with E-state index in [4.69, 9.17) is 0 Å². The van der Waals surface area contributed by atoms with E-state index in [0.717, 1.165) is 24.8 Å². The first-order chi connectivity index (χ1) is 8.99. The van der Waals surface area contributed by atoms with Crippen molar-refractivity contribution in [1.29, 1.82) is 0 Å². The molecule has 2 aromatic heterocycles. The molecule has 0 saturated heterocycles. The molecule has 2 rings (SSSR count). The summed E-state index contributed by atoms with van der Waals surface area (Å²) in [6.45, 7) is 5.84. The van der Waals surface area contributed by atoms with Crippen LogP contribution in [0.5, 0.6) is 0 Å². The first-order valence-electron chi connectivity index (χ1n) is 5.64. The van der Waals surface area contributed by atoms with E-state index in [-0.39, 0.29) is 5.91 Å². The number of aryl methyl sites for hydroxylation is 1. The van der Waals surface area contributed by atoms with Gasteiger partial charge in [-0.25, -0.2) is 5.43 Å². The normalized spacial score (nSPS) is 11.7. The summed E-state index contributed by atoms with van der Waals surface area (Å²) in [4.78, 5) is 14.2. The number of nitrogens with one attached hydrogen (secondary N) is 1. The van der Waals surface area contributed by atoms with Crippen molar-refractivity contribution in [1.82, 2.24) is 5.43 Å². The molecule has 100 valence electrons. The molecule has 0 aliphatic carbocycles. The maximum atomic E-state index is 12.0. The molecule has 0 spiro atoms. The number of thiophene rings is 2. The van der Waals surface area contributed by atoms with E-state index in [0.29, 0.717) is 5.56 Å². The van der Waals surface area contributed by atoms with Crippen LogP contribution >= 0.6 is 38.6 Å². The van der Waals surface area contributed by atoms with Gasteiger partial charge in [-0.3, -0.25) is 4.79 Å². The number of carbonyl (C=O) groups excluding carboxylic acids is 1. The standard InChI is InChI=1S/C13H13BrN2OS2/c1-7-9(3)18-6-10(7)13(17)16-15-8(2)11-4-5-12(14)19-11/h4-6H,1-3H3,(H,16,17)/b15-8-. The molecule has 0 fully saturated rings. The highest BCUT2D eigenvalue weighted by Crippen LogP contribution is 2.23. The maximum Gasteiger partial charge on any atom is 0.272 e. The number of hydrogen-bond donors (Lipinski definition) is 1. The molecule has 1 N–H and O–H groups in total. The Morgan fingerprint density at radius 2 is 2.11 bits per heavy atom. The minimum Gasteiger partial charge on any atom is -0.267 e. The Bertz CT molecular complexity index is 643. The second-order valence-electron chi connectivity index (χ2n) is 4.07. The summed E-state index contributed by atoms with van der Waals surface area (Å²) in [5.41, 5.74) is 5.13. The molecule has 0 radical (unpaired) electrons. The first kappa shape index (κ1) is 14.4. The summed E-state index contributed by atoms with van der Waals surface area (Å²) in [7, 11) is 0. The van der Waals surface area contributed by atoms with Crippen molar-refractivity contribution in [2.24, 2.45) is 5.10 Å². The Labute approximate surface area is 128 Å². The summed E-state index contributed by atoms with van der Waals surface area (Å²) in [6.07, 6.45) is 0. The molecule has 0 aromatic carbocycles. The van der Waals surface area contributed by atoms with Crippen LogP contribution in [-0.2, 0) is 0 Å². The summed E-state index contributed by atoms with van der Waals surface area (Å²) in [5.74, 6) is -0.156. The Balaban J connectivity index is 2.10. The van der Waals surface area contributed by atoms with Gasteiger partial charge in [-0.2, -0.15) is 5.10 Å². The summed E-state index contributed by atoms with van der Waals surface area (Å²) < 4.78 is 1.05. The molecule has 0 aliphatic rings. The topological polar surface area (TPSA) is 41.5 Å². The zero-order valence-electron chi connectivity index (χ0n) is 10.8. The summed E-state index contributed by atoms with van der Waals surface area (Å²) >= 11 is 6.57. The van der Waals surface area contributed by atoms with Crippen LogP contribution in [0.1, 0.15) is 32.6 Å². The van der Waals surface area contributed by atoms with Crippen LogP contribution in [-0.4, -0.2) is 11.6 Å². The quantitative estimate of drug-likeness (QED) is 0.644. The molecule has 0 unspecified atom stereocenters. The molecular formula is C13H13BrN2OS2. The average molecular weight is 357 g/mol. The van der Waals surface area contributed by atoms with Gasteiger partial charge in [-0.15, -0.1) is 22.7 Å². The van der Waals surface area contributed by atoms with E-state index >= 15 is 0 Å². The van der Waals surface area contributed by atoms with Gasteiger partial charge >= 0.3 is 0 Å². The van der Waals surface area contributed by atoms with Gasteiger partial charge in [0.1, 0.15) is 0 Å². The third kappa shape index (κ3) is 3.32. The summed E-state index contributed by atoms with van der Waals surface area (Å²) in [5, 5.41) is 6.01. The number of carbonyl (C=O) groups is 1. The molecule has 19 heavy (non-hydrogen) atoms. The lowest BCUT2D eigenvalue weighted by atomic mass is 10.2. The highest BCUT2D eigenvalue weighted by atomic mass is 79.9. The predicted molar refractivity (Wildman–Crippen MR) is 85.5 cm³/mol. The Morgan fingerprint density at radius 1 is 1.37 bits per heavy atom. The van der Waals surface area contributed by atoms with Gasteiger partial charge in [-0.05, 0) is 54.4 Å². The van der Waals surface area contributed by atoms with Crippen LogP contribution in [0.2, 0.25) is 0 Å². The van der Waals surface area contributed by atoms with Crippen molar-refractivity contribution in [3.63, 3.8) is 0 Å². The largest absolute Gasteiger partial charge is 0.272 e. The fourth-order valence-electron chi connectivity index (χ4n) is 1.50. The third-order valence-electron chi connectivity index (χ3n) is 2.79. The van der Waals surface area contributed by atoms with Gasteiger partial charge < -0.3 is 0 Å². The molecule has 6 heteroatoms. The van der Waals surface area contributed by atoms with Crippen molar-refractivity contribution >= 4 is 50.2 Å². The highest BCUT2D eigenvalue weighted by molar-refractivity contribution is 9.11. The van der Waals surface area contributed by atoms with Crippen LogP contribution in [0, 0.1) is 13.8 Å². The molecule has 0 aliphatic heterocycles. The number of nitrogens with zero attached hydrogens (tertiary/aromatic N) is 1. The number of hydrazone groups is 1. The average Bonchev–Trinajstić information content (AvgIpc) is 2.94. The van der Waals surface area contributed by atoms with Crippen LogP contribution in [0.15, 0.2) is 26.4 Å². The van der Waals surface area contributed by atoms with Gasteiger partial charge in [0.2, 0.25) is 0 Å². The van der Waals surface area contributed by atoms with Gasteiger partial charge in [0, 0.05) is 10.3 Å². The molecular weight excluding hydrogens is 344 g/mol. The SMILES string of the molecule is C/C(=N/NC(=O)c1csc(C)c1C)c1ccc(Br)s1. The first-order valence-corrected chi connectivity index (χ1v) is 8.13. The van der Waals surface area contributed by atoms with Crippen molar-refractivity contribution in [2.75, 3.05) is 0 Å². The highest BCUT2D eigenvalue weighted by Gasteiger charge is 2.12. The van der Waals surface area contributed by atoms with Crippen LogP contribution in [0.25, 0.3) is 0 Å². The molecule has 2 heterocycles.